The Kier molecular flexibility index (Phi) is 3.59. The first-order chi connectivity index (χ1) is 10.5. The van der Waals surface area contributed by atoms with Gasteiger partial charge < -0.3 is 0 Å². The third-order valence-corrected chi connectivity index (χ3v) is 8.99. The van der Waals surface area contributed by atoms with Gasteiger partial charge in [-0.15, -0.1) is 0 Å². The topological polar surface area (TPSA) is 34.1 Å². The Morgan fingerprint density at radius 3 is 2.68 bits per heavy atom. The number of carbonyl (C=O) groups excluding carboxylic acids is 2. The summed E-state index contributed by atoms with van der Waals surface area (Å²) in [5.41, 5.74) is 1.69. The fraction of sp³-hybridized carbons (Fsp3) is 0.789. The molecule has 0 spiro atoms. The number of allylic oxidation sites excluding steroid dienone is 1. The highest BCUT2D eigenvalue weighted by molar-refractivity contribution is 14.1. The second kappa shape index (κ2) is 5.15. The molecule has 0 amide bonds. The molecule has 2 nitrogen and oxygen atoms in total. The van der Waals surface area contributed by atoms with E-state index in [1.807, 2.05) is 6.08 Å². The summed E-state index contributed by atoms with van der Waals surface area (Å²) in [7, 11) is 0. The van der Waals surface area contributed by atoms with Gasteiger partial charge in [-0.25, -0.2) is 0 Å². The van der Waals surface area contributed by atoms with Gasteiger partial charge in [0.05, 0.1) is 0 Å². The molecule has 0 heterocycles. The Morgan fingerprint density at radius 1 is 1.09 bits per heavy atom. The van der Waals surface area contributed by atoms with Crippen LogP contribution in [0.4, 0.5) is 0 Å². The summed E-state index contributed by atoms with van der Waals surface area (Å²) in [6.45, 7) is 2.25. The SMILES string of the molecule is C[C@@]12CC[C@@H]3[C@H](CCC4=CC(=O)CC[C@]43CI)[C@@H]1CCC2=O. The highest BCUT2D eigenvalue weighted by Crippen LogP contribution is 2.64. The van der Waals surface area contributed by atoms with Gasteiger partial charge in [-0.2, -0.15) is 0 Å². The minimum atomic E-state index is -0.0284. The van der Waals surface area contributed by atoms with Crippen LogP contribution in [0.1, 0.15) is 58.3 Å². The van der Waals surface area contributed by atoms with Crippen LogP contribution in [0.15, 0.2) is 11.6 Å². The van der Waals surface area contributed by atoms with Gasteiger partial charge in [-0.1, -0.05) is 35.1 Å². The molecule has 0 N–H and O–H groups in total. The van der Waals surface area contributed by atoms with Gasteiger partial charge in [0.25, 0.3) is 0 Å². The zero-order valence-electron chi connectivity index (χ0n) is 13.4. The molecule has 120 valence electrons. The molecular formula is C19H25IO2. The van der Waals surface area contributed by atoms with E-state index in [0.717, 1.165) is 43.0 Å². The zero-order valence-corrected chi connectivity index (χ0v) is 15.5. The molecule has 22 heavy (non-hydrogen) atoms. The standard InChI is InChI=1S/C19H25IO2/c1-18-8-7-16-14(15(18)4-5-17(18)22)3-2-12-10-13(21)6-9-19(12,16)11-20/h10,14-16H,2-9,11H2,1H3/t14-,15+,16-,18-,19+/m1/s1. The van der Waals surface area contributed by atoms with E-state index in [1.54, 1.807) is 0 Å². The average Bonchev–Trinajstić information content (AvgIpc) is 2.82. The number of ketones is 2. The first kappa shape index (κ1) is 15.3. The van der Waals surface area contributed by atoms with Crippen LogP contribution in [-0.2, 0) is 9.59 Å². The van der Waals surface area contributed by atoms with E-state index >= 15 is 0 Å². The maximum Gasteiger partial charge on any atom is 0.155 e. The lowest BCUT2D eigenvalue weighted by molar-refractivity contribution is -0.132. The number of hydrogen-bond donors (Lipinski definition) is 0. The van der Waals surface area contributed by atoms with Gasteiger partial charge in [0.15, 0.2) is 5.78 Å². The minimum absolute atomic E-state index is 0.0284. The maximum absolute atomic E-state index is 12.4. The van der Waals surface area contributed by atoms with Crippen LogP contribution in [0, 0.1) is 28.6 Å². The number of hydrogen-bond acceptors (Lipinski definition) is 2. The summed E-state index contributed by atoms with van der Waals surface area (Å²) in [5, 5.41) is 0. The molecule has 4 rings (SSSR count). The van der Waals surface area contributed by atoms with Gasteiger partial charge in [-0.3, -0.25) is 9.59 Å². The van der Waals surface area contributed by atoms with Crippen LogP contribution in [0.2, 0.25) is 0 Å². The Morgan fingerprint density at radius 2 is 1.91 bits per heavy atom. The van der Waals surface area contributed by atoms with E-state index in [2.05, 4.69) is 29.5 Å². The Labute approximate surface area is 146 Å². The van der Waals surface area contributed by atoms with Crippen molar-refractivity contribution in [3.8, 4) is 0 Å². The lowest BCUT2D eigenvalue weighted by atomic mass is 9.47. The van der Waals surface area contributed by atoms with Crippen LogP contribution < -0.4 is 0 Å². The summed E-state index contributed by atoms with van der Waals surface area (Å²) in [6.07, 6.45) is 10.3. The molecule has 0 bridgehead atoms. The lowest BCUT2D eigenvalue weighted by Crippen LogP contribution is -2.52. The number of Topliss-reactive ketones (excluding diaryl/α,β-unsaturated/α-hetero) is 1. The monoisotopic (exact) mass is 412 g/mol. The molecule has 0 radical (unpaired) electrons. The molecular weight excluding hydrogens is 387 g/mol. The summed E-state index contributed by atoms with van der Waals surface area (Å²) in [5.74, 6) is 2.90. The first-order valence-electron chi connectivity index (χ1n) is 8.84. The van der Waals surface area contributed by atoms with Crippen molar-refractivity contribution in [2.45, 2.75) is 58.3 Å². The van der Waals surface area contributed by atoms with Crippen molar-refractivity contribution < 1.29 is 9.59 Å². The van der Waals surface area contributed by atoms with Crippen molar-refractivity contribution in [3.63, 3.8) is 0 Å². The summed E-state index contributed by atoms with van der Waals surface area (Å²) in [6, 6.07) is 0. The van der Waals surface area contributed by atoms with E-state index in [0.29, 0.717) is 29.3 Å². The van der Waals surface area contributed by atoms with Crippen molar-refractivity contribution in [2.24, 2.45) is 28.6 Å². The van der Waals surface area contributed by atoms with E-state index in [4.69, 9.17) is 0 Å². The molecule has 0 aromatic heterocycles. The largest absolute Gasteiger partial charge is 0.299 e. The van der Waals surface area contributed by atoms with E-state index < -0.39 is 0 Å². The number of alkyl halides is 1. The van der Waals surface area contributed by atoms with Crippen LogP contribution in [0.5, 0.6) is 0 Å². The molecule has 4 aliphatic rings. The summed E-state index contributed by atoms with van der Waals surface area (Å²) in [4.78, 5) is 24.3. The summed E-state index contributed by atoms with van der Waals surface area (Å²) >= 11 is 2.56. The predicted molar refractivity (Wildman–Crippen MR) is 94.9 cm³/mol. The Bertz CT molecular complexity index is 566. The maximum atomic E-state index is 12.4. The average molecular weight is 412 g/mol. The normalized spacial score (nSPS) is 47.5. The number of halogens is 1. The van der Waals surface area contributed by atoms with Crippen LogP contribution in [0.25, 0.3) is 0 Å². The fourth-order valence-corrected chi connectivity index (χ4v) is 7.82. The molecule has 3 heteroatoms. The zero-order chi connectivity index (χ0) is 15.5. The van der Waals surface area contributed by atoms with Crippen molar-refractivity contribution >= 4 is 34.2 Å². The van der Waals surface area contributed by atoms with Gasteiger partial charge >= 0.3 is 0 Å². The molecule has 5 atom stereocenters. The predicted octanol–water partition coefficient (Wildman–Crippen LogP) is 4.50. The molecule has 4 aliphatic carbocycles. The molecule has 3 fully saturated rings. The lowest BCUT2D eigenvalue weighted by Gasteiger charge is -2.57. The molecule has 0 unspecified atom stereocenters. The number of rotatable bonds is 1. The first-order valence-corrected chi connectivity index (χ1v) is 10.4. The molecule has 0 aliphatic heterocycles. The van der Waals surface area contributed by atoms with Crippen LogP contribution >= 0.6 is 22.6 Å². The van der Waals surface area contributed by atoms with E-state index in [9.17, 15) is 9.59 Å². The van der Waals surface area contributed by atoms with Crippen molar-refractivity contribution in [1.82, 2.24) is 0 Å². The van der Waals surface area contributed by atoms with Gasteiger partial charge in [0.2, 0.25) is 0 Å². The van der Waals surface area contributed by atoms with Gasteiger partial charge in [0, 0.05) is 28.1 Å². The number of fused-ring (bicyclic) bond motifs is 5. The van der Waals surface area contributed by atoms with Crippen LogP contribution in [-0.4, -0.2) is 16.0 Å². The highest BCUT2D eigenvalue weighted by Gasteiger charge is 2.59. The summed E-state index contributed by atoms with van der Waals surface area (Å²) < 4.78 is 1.14. The minimum Gasteiger partial charge on any atom is -0.299 e. The second-order valence-corrected chi connectivity index (χ2v) is 9.02. The van der Waals surface area contributed by atoms with Crippen molar-refractivity contribution in [3.05, 3.63) is 11.6 Å². The quantitative estimate of drug-likeness (QED) is 0.470. The van der Waals surface area contributed by atoms with Gasteiger partial charge in [0.1, 0.15) is 5.78 Å². The smallest absolute Gasteiger partial charge is 0.155 e. The van der Waals surface area contributed by atoms with Crippen LogP contribution in [0.3, 0.4) is 0 Å². The number of carbonyl (C=O) groups is 2. The second-order valence-electron chi connectivity index (χ2n) is 8.26. The fourth-order valence-electron chi connectivity index (χ4n) is 6.38. The van der Waals surface area contributed by atoms with E-state index in [1.165, 1.54) is 18.4 Å². The van der Waals surface area contributed by atoms with Gasteiger partial charge in [-0.05, 0) is 62.4 Å². The Balaban J connectivity index is 1.73. The highest BCUT2D eigenvalue weighted by atomic mass is 127. The molecule has 3 saturated carbocycles. The van der Waals surface area contributed by atoms with Crippen molar-refractivity contribution in [1.29, 1.82) is 0 Å². The molecule has 0 aromatic carbocycles. The van der Waals surface area contributed by atoms with Crippen molar-refractivity contribution in [2.75, 3.05) is 4.43 Å². The Hall–Kier alpha value is -0.190. The molecule has 0 saturated heterocycles. The molecule has 0 aromatic rings. The third-order valence-electron chi connectivity index (χ3n) is 7.63. The third kappa shape index (κ3) is 1.90. The van der Waals surface area contributed by atoms with E-state index in [-0.39, 0.29) is 10.8 Å².